The molecule has 8 rings (SSSR count). The molecule has 0 radical (unpaired) electrons. The summed E-state index contributed by atoms with van der Waals surface area (Å²) in [6.45, 7) is 11.5. The smallest absolute Gasteiger partial charge is 0.412 e. The molecule has 2 aromatic carbocycles. The largest absolute Gasteiger partial charge is 0.462 e. The molecular formula is C41H46F3N7O6S. The van der Waals surface area contributed by atoms with E-state index in [9.17, 15) is 19.2 Å². The molecule has 3 fully saturated rings. The molecule has 2 aromatic heterocycles. The van der Waals surface area contributed by atoms with Crippen molar-refractivity contribution in [3.05, 3.63) is 40.5 Å². The van der Waals surface area contributed by atoms with Gasteiger partial charge in [0.05, 0.1) is 24.2 Å². The van der Waals surface area contributed by atoms with Crippen LogP contribution in [0.2, 0.25) is 0 Å². The van der Waals surface area contributed by atoms with Crippen LogP contribution in [0, 0.1) is 23.0 Å². The van der Waals surface area contributed by atoms with Crippen molar-refractivity contribution in [2.75, 3.05) is 43.5 Å². The molecule has 6 heterocycles. The van der Waals surface area contributed by atoms with Gasteiger partial charge < -0.3 is 28.7 Å². The van der Waals surface area contributed by atoms with Crippen LogP contribution in [0.1, 0.15) is 77.5 Å². The van der Waals surface area contributed by atoms with Gasteiger partial charge in [-0.3, -0.25) is 10.2 Å². The van der Waals surface area contributed by atoms with Gasteiger partial charge in [0.25, 0.3) is 0 Å². The lowest BCUT2D eigenvalue weighted by Crippen LogP contribution is -2.56. The van der Waals surface area contributed by atoms with Crippen LogP contribution in [-0.4, -0.2) is 101 Å². The maximum absolute atomic E-state index is 17.8. The Kier molecular flexibility index (Phi) is 10.1. The van der Waals surface area contributed by atoms with Gasteiger partial charge in [-0.2, -0.15) is 15.2 Å². The molecule has 0 spiro atoms. The van der Waals surface area contributed by atoms with Crippen molar-refractivity contribution in [2.45, 2.75) is 110 Å². The number of piperazine rings is 1. The van der Waals surface area contributed by atoms with Crippen LogP contribution >= 0.6 is 11.3 Å². The molecule has 17 heteroatoms. The second-order valence-corrected chi connectivity index (χ2v) is 18.5. The van der Waals surface area contributed by atoms with E-state index in [0.717, 1.165) is 24.2 Å². The first kappa shape index (κ1) is 39.9. The Morgan fingerprint density at radius 3 is 2.31 bits per heavy atom. The topological polar surface area (TPSA) is 142 Å². The fourth-order valence-corrected chi connectivity index (χ4v) is 9.65. The molecule has 4 aliphatic heterocycles. The summed E-state index contributed by atoms with van der Waals surface area (Å²) in [4.78, 5) is 41.3. The number of likely N-dealkylation sites (N-methyl/N-ethyl adjacent to an activating group) is 1. The van der Waals surface area contributed by atoms with E-state index in [0.29, 0.717) is 40.1 Å². The summed E-state index contributed by atoms with van der Waals surface area (Å²) in [7, 11) is 1.81. The SMILES string of the molecule is CN1CC(F)CC1COc1nc(N2C3CCC2CN(C(=O)OC(C)(C)C)C3)c2c3c(c(-c4c(F)ccc5sc(NC(=O)OC(C)(C)C)c(C#N)c45)c(F)c2n1)COC3. The summed E-state index contributed by atoms with van der Waals surface area (Å²) in [6.07, 6.45) is -0.503. The van der Waals surface area contributed by atoms with Gasteiger partial charge in [-0.05, 0) is 91.1 Å². The number of anilines is 2. The number of nitrogens with one attached hydrogen (secondary N) is 1. The number of hydrogen-bond donors (Lipinski definition) is 1. The number of alkyl halides is 1. The lowest BCUT2D eigenvalue weighted by atomic mass is 9.90. The molecule has 0 saturated carbocycles. The third kappa shape index (κ3) is 7.34. The number of carbonyl (C=O) groups excluding carboxylic acids is 2. The Morgan fingerprint density at radius 1 is 0.983 bits per heavy atom. The Morgan fingerprint density at radius 2 is 1.67 bits per heavy atom. The van der Waals surface area contributed by atoms with Crippen molar-refractivity contribution in [2.24, 2.45) is 0 Å². The zero-order valence-corrected chi connectivity index (χ0v) is 34.3. The number of fused-ring (bicyclic) bond motifs is 6. The normalized spacial score (nSPS) is 22.1. The van der Waals surface area contributed by atoms with Gasteiger partial charge >= 0.3 is 18.2 Å². The van der Waals surface area contributed by atoms with Crippen LogP contribution < -0.4 is 15.0 Å². The summed E-state index contributed by atoms with van der Waals surface area (Å²) < 4.78 is 72.3. The highest BCUT2D eigenvalue weighted by Gasteiger charge is 2.45. The summed E-state index contributed by atoms with van der Waals surface area (Å²) in [5.41, 5.74) is -1.02. The molecule has 4 unspecified atom stereocenters. The van der Waals surface area contributed by atoms with Crippen LogP contribution in [0.4, 0.5) is 33.6 Å². The Bertz CT molecular complexity index is 2360. The average molecular weight is 822 g/mol. The molecule has 3 saturated heterocycles. The maximum Gasteiger partial charge on any atom is 0.412 e. The van der Waals surface area contributed by atoms with Gasteiger partial charge in [-0.25, -0.2) is 22.8 Å². The van der Waals surface area contributed by atoms with Crippen molar-refractivity contribution < 1.29 is 41.7 Å². The molecule has 0 aliphatic carbocycles. The first-order valence-corrected chi connectivity index (χ1v) is 20.2. The van der Waals surface area contributed by atoms with E-state index >= 15 is 8.78 Å². The highest BCUT2D eigenvalue weighted by molar-refractivity contribution is 7.23. The molecule has 2 bridgehead atoms. The van der Waals surface area contributed by atoms with E-state index in [4.69, 9.17) is 23.9 Å². The molecule has 2 amide bonds. The minimum absolute atomic E-state index is 0.0471. The Labute approximate surface area is 338 Å². The van der Waals surface area contributed by atoms with Gasteiger partial charge in [-0.15, -0.1) is 11.3 Å². The van der Waals surface area contributed by atoms with Crippen LogP contribution in [0.15, 0.2) is 12.1 Å². The standard InChI is InChI=1S/C41H46F3N7O6S/c1-40(2,3)56-38(52)48-36-24(13-45)29-28(58-36)11-10-27(43)32(29)30-25-18-54-19-26(25)31-34(33(30)44)46-37(55-17-23-12-20(42)14-49(23)7)47-35(31)51-21-8-9-22(51)16-50(15-21)39(53)57-41(4,5)6/h10-11,20-23H,8-9,12,14-19H2,1-7H3,(H,48,52). The summed E-state index contributed by atoms with van der Waals surface area (Å²) in [6, 6.07) is 4.00. The van der Waals surface area contributed by atoms with Crippen molar-refractivity contribution >= 4 is 55.3 Å². The number of nitriles is 1. The van der Waals surface area contributed by atoms with Crippen molar-refractivity contribution in [1.82, 2.24) is 19.8 Å². The summed E-state index contributed by atoms with van der Waals surface area (Å²) in [5, 5.41) is 13.7. The zero-order valence-electron chi connectivity index (χ0n) is 33.5. The van der Waals surface area contributed by atoms with Gasteiger partial charge in [0.15, 0.2) is 5.82 Å². The third-order valence-corrected chi connectivity index (χ3v) is 12.0. The lowest BCUT2D eigenvalue weighted by Gasteiger charge is -2.42. The molecule has 4 atom stereocenters. The number of halogens is 3. The number of thiophene rings is 1. The van der Waals surface area contributed by atoms with Gasteiger partial charge in [0, 0.05) is 59.0 Å². The van der Waals surface area contributed by atoms with Gasteiger partial charge in [0.1, 0.15) is 52.2 Å². The molecular weight excluding hydrogens is 776 g/mol. The van der Waals surface area contributed by atoms with E-state index in [2.05, 4.69) is 21.3 Å². The number of nitrogens with zero attached hydrogens (tertiary/aromatic N) is 6. The predicted octanol–water partition coefficient (Wildman–Crippen LogP) is 8.05. The Hall–Kier alpha value is -4.92. The quantitative estimate of drug-likeness (QED) is 0.202. The minimum Gasteiger partial charge on any atom is -0.462 e. The van der Waals surface area contributed by atoms with E-state index in [1.165, 1.54) is 12.1 Å². The highest BCUT2D eigenvalue weighted by atomic mass is 32.1. The zero-order chi connectivity index (χ0) is 41.4. The van der Waals surface area contributed by atoms with E-state index in [-0.39, 0.29) is 89.5 Å². The first-order chi connectivity index (χ1) is 27.4. The number of hydrogen-bond acceptors (Lipinski definition) is 12. The predicted molar refractivity (Wildman–Crippen MR) is 212 cm³/mol. The fourth-order valence-electron chi connectivity index (χ4n) is 8.61. The Balaban J connectivity index is 1.29. The van der Waals surface area contributed by atoms with Crippen molar-refractivity contribution in [3.63, 3.8) is 0 Å². The fraction of sp³-hybridized carbons (Fsp3) is 0.537. The van der Waals surface area contributed by atoms with Crippen molar-refractivity contribution in [1.29, 1.82) is 5.26 Å². The molecule has 1 N–H and O–H groups in total. The number of likely N-dealkylation sites (tertiary alicyclic amines) is 2. The molecule has 4 aromatic rings. The number of amides is 2. The number of ether oxygens (including phenoxy) is 4. The van der Waals surface area contributed by atoms with Crippen molar-refractivity contribution in [3.8, 4) is 23.2 Å². The first-order valence-electron chi connectivity index (χ1n) is 19.4. The summed E-state index contributed by atoms with van der Waals surface area (Å²) in [5.74, 6) is -1.25. The third-order valence-electron chi connectivity index (χ3n) is 11.0. The van der Waals surface area contributed by atoms with Crippen LogP contribution in [0.25, 0.3) is 32.1 Å². The average Bonchev–Trinajstić information content (AvgIpc) is 3.89. The molecule has 4 aliphatic rings. The monoisotopic (exact) mass is 821 g/mol. The molecule has 13 nitrogen and oxygen atoms in total. The number of benzene rings is 2. The van der Waals surface area contributed by atoms with Crippen LogP contribution in [0.5, 0.6) is 6.01 Å². The highest BCUT2D eigenvalue weighted by Crippen LogP contribution is 2.49. The van der Waals surface area contributed by atoms with Crippen LogP contribution in [0.3, 0.4) is 0 Å². The van der Waals surface area contributed by atoms with Crippen LogP contribution in [-0.2, 0) is 27.4 Å². The number of rotatable bonds is 6. The minimum atomic E-state index is -1.01. The number of carbonyl (C=O) groups is 2. The van der Waals surface area contributed by atoms with E-state index < -0.39 is 41.2 Å². The summed E-state index contributed by atoms with van der Waals surface area (Å²) >= 11 is 1.04. The maximum atomic E-state index is 17.8. The molecule has 308 valence electrons. The van der Waals surface area contributed by atoms with E-state index in [1.807, 2.05) is 25.7 Å². The lowest BCUT2D eigenvalue weighted by molar-refractivity contribution is 0.0209. The second kappa shape index (κ2) is 14.7. The van der Waals surface area contributed by atoms with E-state index in [1.54, 1.807) is 32.7 Å². The number of aromatic nitrogens is 2. The van der Waals surface area contributed by atoms with Gasteiger partial charge in [-0.1, -0.05) is 0 Å². The molecule has 58 heavy (non-hydrogen) atoms. The van der Waals surface area contributed by atoms with Gasteiger partial charge in [0.2, 0.25) is 0 Å². The second-order valence-electron chi connectivity index (χ2n) is 17.4.